The minimum absolute atomic E-state index is 0.0640. The fourth-order valence-corrected chi connectivity index (χ4v) is 3.44. The number of rotatable bonds is 5. The van der Waals surface area contributed by atoms with Crippen LogP contribution in [0.5, 0.6) is 5.75 Å². The molecule has 0 saturated carbocycles. The van der Waals surface area contributed by atoms with Crippen molar-refractivity contribution in [1.82, 2.24) is 10.6 Å². The molecule has 9 nitrogen and oxygen atoms in total. The van der Waals surface area contributed by atoms with Crippen LogP contribution in [-0.2, 0) is 30.2 Å². The maximum absolute atomic E-state index is 13.0. The molecule has 1 aromatic carbocycles. The second kappa shape index (κ2) is 13.1. The molecule has 2 amide bonds. The summed E-state index contributed by atoms with van der Waals surface area (Å²) < 4.78 is 15.8. The number of fused-ring (bicyclic) bond motifs is 14. The summed E-state index contributed by atoms with van der Waals surface area (Å²) in [5.74, 6) is -1.48. The maximum Gasteiger partial charge on any atom is 0.328 e. The Morgan fingerprint density at radius 3 is 2.53 bits per heavy atom. The maximum atomic E-state index is 13.0. The molecule has 0 spiro atoms. The third-order valence-electron chi connectivity index (χ3n) is 5.28. The number of amides is 2. The molecule has 2 aliphatic rings. The van der Waals surface area contributed by atoms with Gasteiger partial charge in [-0.05, 0) is 49.3 Å². The zero-order valence-corrected chi connectivity index (χ0v) is 19.0. The van der Waals surface area contributed by atoms with E-state index in [0.29, 0.717) is 32.3 Å². The van der Waals surface area contributed by atoms with Gasteiger partial charge in [0.25, 0.3) is 0 Å². The Hall–Kier alpha value is -2.59. The number of nitrogens with two attached hydrogens (primary N) is 1. The van der Waals surface area contributed by atoms with Crippen molar-refractivity contribution in [1.29, 1.82) is 0 Å². The summed E-state index contributed by atoms with van der Waals surface area (Å²) in [5, 5.41) is 5.54. The Kier molecular flexibility index (Phi) is 10.5. The number of hydrogen-bond donors (Lipinski definition) is 3. The fraction of sp³-hybridized carbons (Fsp3) is 0.591. The number of benzene rings is 1. The normalized spacial score (nSPS) is 23.0. The molecule has 1 radical (unpaired) electrons. The predicted octanol–water partition coefficient (Wildman–Crippen LogP) is 0.931. The average Bonchev–Trinajstić information content (AvgIpc) is 2.78. The first-order valence-electron chi connectivity index (χ1n) is 10.9. The predicted molar refractivity (Wildman–Crippen MR) is 120 cm³/mol. The van der Waals surface area contributed by atoms with Crippen molar-refractivity contribution in [2.45, 2.75) is 57.4 Å². The molecule has 2 bridgehead atoms. The van der Waals surface area contributed by atoms with Crippen molar-refractivity contribution < 1.29 is 28.5 Å². The van der Waals surface area contributed by atoms with Gasteiger partial charge in [-0.3, -0.25) is 9.59 Å². The minimum Gasteiger partial charge on any atom is -0.494 e. The second-order valence-electron chi connectivity index (χ2n) is 8.08. The Morgan fingerprint density at radius 1 is 1.19 bits per heavy atom. The quantitative estimate of drug-likeness (QED) is 0.349. The first kappa shape index (κ1) is 25.7. The number of nitrogens with one attached hydrogen (secondary N) is 2. The van der Waals surface area contributed by atoms with E-state index in [9.17, 15) is 14.4 Å². The first-order chi connectivity index (χ1) is 15.3. The summed E-state index contributed by atoms with van der Waals surface area (Å²) in [6.45, 7) is 4.07. The van der Waals surface area contributed by atoms with Gasteiger partial charge >= 0.3 is 13.5 Å². The molecule has 2 heterocycles. The van der Waals surface area contributed by atoms with Gasteiger partial charge in [-0.1, -0.05) is 26.0 Å². The molecule has 4 N–H and O–H groups in total. The molecule has 32 heavy (non-hydrogen) atoms. The molecular formula is C22H33BN3O6. The summed E-state index contributed by atoms with van der Waals surface area (Å²) in [6, 6.07) is 5.86. The topological polar surface area (TPSA) is 129 Å². The SMILES string of the molecule is COC(=O)[C@@H]1CCCCOc2ccc(cc2)C[C@H]([B]OCN)C(=O)N[C@@H](C(C)C)C(=O)N1. The van der Waals surface area contributed by atoms with Gasteiger partial charge in [0, 0.05) is 5.82 Å². The highest BCUT2D eigenvalue weighted by atomic mass is 16.5. The van der Waals surface area contributed by atoms with E-state index in [1.807, 2.05) is 38.1 Å². The number of hydrogen-bond acceptors (Lipinski definition) is 7. The zero-order chi connectivity index (χ0) is 23.5. The lowest BCUT2D eigenvalue weighted by atomic mass is 9.75. The largest absolute Gasteiger partial charge is 0.494 e. The third-order valence-corrected chi connectivity index (χ3v) is 5.28. The highest BCUT2D eigenvalue weighted by Crippen LogP contribution is 2.19. The molecule has 3 atom stereocenters. The molecule has 2 aliphatic heterocycles. The number of esters is 1. The molecule has 0 aliphatic carbocycles. The molecule has 175 valence electrons. The van der Waals surface area contributed by atoms with Crippen molar-refractivity contribution in [3.05, 3.63) is 29.8 Å². The minimum atomic E-state index is -0.829. The highest BCUT2D eigenvalue weighted by Gasteiger charge is 2.31. The van der Waals surface area contributed by atoms with Crippen LogP contribution in [0.3, 0.4) is 0 Å². The van der Waals surface area contributed by atoms with E-state index >= 15 is 0 Å². The van der Waals surface area contributed by atoms with Crippen molar-refractivity contribution >= 4 is 25.3 Å². The van der Waals surface area contributed by atoms with E-state index in [4.69, 9.17) is 19.9 Å². The van der Waals surface area contributed by atoms with Gasteiger partial charge in [-0.15, -0.1) is 0 Å². The van der Waals surface area contributed by atoms with Gasteiger partial charge < -0.3 is 30.5 Å². The highest BCUT2D eigenvalue weighted by molar-refractivity contribution is 6.37. The lowest BCUT2D eigenvalue weighted by molar-refractivity contribution is -0.145. The van der Waals surface area contributed by atoms with Crippen LogP contribution >= 0.6 is 0 Å². The number of carbonyl (C=O) groups is 3. The fourth-order valence-electron chi connectivity index (χ4n) is 3.44. The Morgan fingerprint density at radius 2 is 1.91 bits per heavy atom. The number of methoxy groups -OCH3 is 1. The molecule has 0 saturated heterocycles. The first-order valence-corrected chi connectivity index (χ1v) is 10.9. The molecule has 0 fully saturated rings. The van der Waals surface area contributed by atoms with Gasteiger partial charge in [0.15, 0.2) is 0 Å². The summed E-state index contributed by atoms with van der Waals surface area (Å²) >= 11 is 0. The molecule has 10 heteroatoms. The monoisotopic (exact) mass is 446 g/mol. The molecule has 0 aromatic heterocycles. The van der Waals surface area contributed by atoms with Crippen molar-refractivity contribution in [2.75, 3.05) is 20.4 Å². The number of carbonyl (C=O) groups excluding carboxylic acids is 3. The van der Waals surface area contributed by atoms with Gasteiger partial charge in [0.05, 0.1) is 20.4 Å². The lowest BCUT2D eigenvalue weighted by Gasteiger charge is -2.26. The Bertz CT molecular complexity index is 759. The van der Waals surface area contributed by atoms with E-state index in [2.05, 4.69) is 10.6 Å². The van der Waals surface area contributed by atoms with Crippen molar-refractivity contribution in [2.24, 2.45) is 11.7 Å². The zero-order valence-electron chi connectivity index (χ0n) is 19.0. The van der Waals surface area contributed by atoms with Crippen molar-refractivity contribution in [3.63, 3.8) is 0 Å². The summed E-state index contributed by atoms with van der Waals surface area (Å²) in [5.41, 5.74) is 6.34. The van der Waals surface area contributed by atoms with Crippen LogP contribution in [-0.4, -0.2) is 57.8 Å². The van der Waals surface area contributed by atoms with Gasteiger partial charge in [-0.2, -0.15) is 0 Å². The Balaban J connectivity index is 2.29. The summed E-state index contributed by atoms with van der Waals surface area (Å²) in [7, 11) is 2.67. The standard InChI is InChI=1S/C22H33BN3O6/c1-14(2)19-21(28)25-18(22(29)30-3)6-4-5-11-31-16-9-7-15(8-10-16)12-17(20(27)26-19)23-32-13-24/h7-10,14,17-19H,4-6,11-13,24H2,1-3H3,(H,25,28)(H,26,27)/t17-,18-,19-/m0/s1. The van der Waals surface area contributed by atoms with E-state index in [1.165, 1.54) is 14.6 Å². The molecule has 3 rings (SSSR count). The number of ether oxygens (including phenoxy) is 2. The van der Waals surface area contributed by atoms with E-state index in [1.54, 1.807) is 0 Å². The van der Waals surface area contributed by atoms with E-state index < -0.39 is 29.8 Å². The van der Waals surface area contributed by atoms with Crippen LogP contribution in [0.25, 0.3) is 0 Å². The third kappa shape index (κ3) is 7.83. The molecule has 1 aromatic rings. The summed E-state index contributed by atoms with van der Waals surface area (Å²) in [6.07, 6.45) is 2.14. The van der Waals surface area contributed by atoms with E-state index in [0.717, 1.165) is 11.3 Å². The lowest BCUT2D eigenvalue weighted by Crippen LogP contribution is -2.54. The van der Waals surface area contributed by atoms with Crippen LogP contribution in [0.2, 0.25) is 5.82 Å². The van der Waals surface area contributed by atoms with Gasteiger partial charge in [0.1, 0.15) is 17.8 Å². The average molecular weight is 446 g/mol. The summed E-state index contributed by atoms with van der Waals surface area (Å²) in [4.78, 5) is 38.2. The molecular weight excluding hydrogens is 413 g/mol. The second-order valence-corrected chi connectivity index (χ2v) is 8.08. The Labute approximate surface area is 190 Å². The van der Waals surface area contributed by atoms with Crippen LogP contribution in [0, 0.1) is 5.92 Å². The van der Waals surface area contributed by atoms with Gasteiger partial charge in [-0.25, -0.2) is 4.79 Å². The van der Waals surface area contributed by atoms with E-state index in [-0.39, 0.29) is 18.6 Å². The van der Waals surface area contributed by atoms with Crippen LogP contribution in [0.4, 0.5) is 0 Å². The van der Waals surface area contributed by atoms with Gasteiger partial charge in [0.2, 0.25) is 11.8 Å². The van der Waals surface area contributed by atoms with Crippen LogP contribution in [0.1, 0.15) is 38.7 Å². The van der Waals surface area contributed by atoms with Crippen molar-refractivity contribution in [3.8, 4) is 5.75 Å². The van der Waals surface area contributed by atoms with Crippen LogP contribution in [0.15, 0.2) is 24.3 Å². The molecule has 0 unspecified atom stereocenters. The smallest absolute Gasteiger partial charge is 0.328 e. The van der Waals surface area contributed by atoms with Crippen LogP contribution < -0.4 is 21.1 Å².